The molecule has 0 fully saturated rings. The number of aryl methyl sites for hydroxylation is 2. The molecule has 2 aromatic rings. The summed E-state index contributed by atoms with van der Waals surface area (Å²) in [4.78, 5) is 0. The van der Waals surface area contributed by atoms with Crippen molar-refractivity contribution in [2.24, 2.45) is 7.05 Å². The van der Waals surface area contributed by atoms with Crippen molar-refractivity contribution in [3.05, 3.63) is 35.4 Å². The second-order valence-electron chi connectivity index (χ2n) is 4.58. The van der Waals surface area contributed by atoms with Crippen molar-refractivity contribution < 1.29 is 22.3 Å². The number of alkyl halides is 3. The minimum atomic E-state index is -4.38. The van der Waals surface area contributed by atoms with Gasteiger partial charge in [-0.05, 0) is 19.1 Å². The van der Waals surface area contributed by atoms with E-state index >= 15 is 0 Å². The third-order valence-corrected chi connectivity index (χ3v) is 2.84. The molecule has 0 atom stereocenters. The lowest BCUT2D eigenvalue weighted by Gasteiger charge is -2.11. The lowest BCUT2D eigenvalue weighted by atomic mass is 10.2. The number of nitrogens with zero attached hydrogens (tertiary/aromatic N) is 2. The molecule has 0 radical (unpaired) electrons. The second kappa shape index (κ2) is 6.21. The number of hydrogen-bond donors (Lipinski definition) is 1. The van der Waals surface area contributed by atoms with Crippen molar-refractivity contribution in [1.29, 1.82) is 0 Å². The molecular weight excluding hydrogens is 287 g/mol. The fraction of sp³-hybridized carbons (Fsp3) is 0.462. The van der Waals surface area contributed by atoms with Crippen molar-refractivity contribution >= 4 is 0 Å². The standard InChI is InChI=1S/C13H16F3N3O2/c1-9-11(7-17-6-10-4-3-5-20-10)12(19(2)18-9)21-8-13(14,15)16/h3-5,17H,6-8H2,1-2H3. The van der Waals surface area contributed by atoms with Crippen LogP contribution in [0.2, 0.25) is 0 Å². The maximum Gasteiger partial charge on any atom is 0.422 e. The van der Waals surface area contributed by atoms with Gasteiger partial charge in [-0.3, -0.25) is 0 Å². The lowest BCUT2D eigenvalue weighted by molar-refractivity contribution is -0.154. The van der Waals surface area contributed by atoms with Crippen molar-refractivity contribution in [2.45, 2.75) is 26.2 Å². The summed E-state index contributed by atoms with van der Waals surface area (Å²) in [5.41, 5.74) is 1.23. The number of ether oxygens (including phenoxy) is 1. The van der Waals surface area contributed by atoms with Gasteiger partial charge in [0, 0.05) is 13.6 Å². The summed E-state index contributed by atoms with van der Waals surface area (Å²) >= 11 is 0. The highest BCUT2D eigenvalue weighted by molar-refractivity contribution is 5.30. The molecule has 0 unspecified atom stereocenters. The molecule has 2 aromatic heterocycles. The first-order valence-electron chi connectivity index (χ1n) is 6.32. The summed E-state index contributed by atoms with van der Waals surface area (Å²) in [7, 11) is 1.55. The van der Waals surface area contributed by atoms with Gasteiger partial charge in [-0.15, -0.1) is 0 Å². The van der Waals surface area contributed by atoms with Crippen LogP contribution in [0.15, 0.2) is 22.8 Å². The normalized spacial score (nSPS) is 11.9. The van der Waals surface area contributed by atoms with Crippen LogP contribution in [0.3, 0.4) is 0 Å². The SMILES string of the molecule is Cc1nn(C)c(OCC(F)(F)F)c1CNCc1ccco1. The summed E-state index contributed by atoms with van der Waals surface area (Å²) in [6.45, 7) is 1.20. The average molecular weight is 303 g/mol. The summed E-state index contributed by atoms with van der Waals surface area (Å²) < 4.78 is 48.1. The topological polar surface area (TPSA) is 52.2 Å². The first-order chi connectivity index (χ1) is 9.87. The number of hydrogen-bond acceptors (Lipinski definition) is 4. The largest absolute Gasteiger partial charge is 0.468 e. The average Bonchev–Trinajstić information content (AvgIpc) is 2.96. The van der Waals surface area contributed by atoms with E-state index in [0.717, 1.165) is 5.76 Å². The number of furan rings is 1. The van der Waals surface area contributed by atoms with Crippen LogP contribution in [0.4, 0.5) is 13.2 Å². The van der Waals surface area contributed by atoms with Crippen molar-refractivity contribution in [2.75, 3.05) is 6.61 Å². The lowest BCUT2D eigenvalue weighted by Crippen LogP contribution is -2.21. The number of nitrogens with one attached hydrogen (secondary N) is 1. The summed E-state index contributed by atoms with van der Waals surface area (Å²) in [5.74, 6) is 0.867. The quantitative estimate of drug-likeness (QED) is 0.891. The van der Waals surface area contributed by atoms with Gasteiger partial charge < -0.3 is 14.5 Å². The molecule has 0 amide bonds. The van der Waals surface area contributed by atoms with Gasteiger partial charge in [0.1, 0.15) is 5.76 Å². The van der Waals surface area contributed by atoms with Crippen LogP contribution < -0.4 is 10.1 Å². The Morgan fingerprint density at radius 1 is 1.38 bits per heavy atom. The van der Waals surface area contributed by atoms with E-state index < -0.39 is 12.8 Å². The third-order valence-electron chi connectivity index (χ3n) is 2.84. The molecule has 0 saturated heterocycles. The van der Waals surface area contributed by atoms with E-state index in [2.05, 4.69) is 10.4 Å². The highest BCUT2D eigenvalue weighted by atomic mass is 19.4. The molecule has 21 heavy (non-hydrogen) atoms. The molecule has 0 saturated carbocycles. The number of aromatic nitrogens is 2. The van der Waals surface area contributed by atoms with Gasteiger partial charge in [0.2, 0.25) is 5.88 Å². The van der Waals surface area contributed by atoms with Crippen LogP contribution >= 0.6 is 0 Å². The molecule has 116 valence electrons. The van der Waals surface area contributed by atoms with E-state index in [1.165, 1.54) is 4.68 Å². The minimum absolute atomic E-state index is 0.122. The van der Waals surface area contributed by atoms with Crippen molar-refractivity contribution in [3.8, 4) is 5.88 Å². The Morgan fingerprint density at radius 2 is 2.14 bits per heavy atom. The first-order valence-corrected chi connectivity index (χ1v) is 6.32. The third kappa shape index (κ3) is 4.25. The maximum atomic E-state index is 12.3. The van der Waals surface area contributed by atoms with Crippen LogP contribution in [-0.4, -0.2) is 22.6 Å². The van der Waals surface area contributed by atoms with Crippen LogP contribution in [0.25, 0.3) is 0 Å². The molecule has 2 heterocycles. The fourth-order valence-electron chi connectivity index (χ4n) is 1.94. The van der Waals surface area contributed by atoms with Gasteiger partial charge in [-0.25, -0.2) is 4.68 Å². The molecule has 0 aromatic carbocycles. The van der Waals surface area contributed by atoms with E-state index in [9.17, 15) is 13.2 Å². The molecule has 8 heteroatoms. The first kappa shape index (κ1) is 15.4. The van der Waals surface area contributed by atoms with Gasteiger partial charge in [-0.1, -0.05) is 0 Å². The monoisotopic (exact) mass is 303 g/mol. The van der Waals surface area contributed by atoms with Gasteiger partial charge in [-0.2, -0.15) is 18.3 Å². The predicted octanol–water partition coefficient (Wildman–Crippen LogP) is 2.55. The molecule has 2 rings (SSSR count). The summed E-state index contributed by atoms with van der Waals surface area (Å²) in [6, 6.07) is 3.58. The fourth-order valence-corrected chi connectivity index (χ4v) is 1.94. The summed E-state index contributed by atoms with van der Waals surface area (Å²) in [6.07, 6.45) is -2.82. The zero-order valence-electron chi connectivity index (χ0n) is 11.7. The summed E-state index contributed by atoms with van der Waals surface area (Å²) in [5, 5.41) is 7.18. The second-order valence-corrected chi connectivity index (χ2v) is 4.58. The molecule has 0 spiro atoms. The Balaban J connectivity index is 2.00. The van der Waals surface area contributed by atoms with E-state index in [4.69, 9.17) is 9.15 Å². The van der Waals surface area contributed by atoms with Gasteiger partial charge in [0.25, 0.3) is 0 Å². The number of halogens is 3. The molecule has 1 N–H and O–H groups in total. The van der Waals surface area contributed by atoms with Crippen LogP contribution in [0, 0.1) is 6.92 Å². The smallest absolute Gasteiger partial charge is 0.422 e. The van der Waals surface area contributed by atoms with E-state index in [1.54, 1.807) is 26.3 Å². The van der Waals surface area contributed by atoms with Crippen LogP contribution in [0.1, 0.15) is 17.0 Å². The van der Waals surface area contributed by atoms with E-state index in [0.29, 0.717) is 24.3 Å². The van der Waals surface area contributed by atoms with E-state index in [1.807, 2.05) is 6.07 Å². The molecule has 0 bridgehead atoms. The van der Waals surface area contributed by atoms with Crippen LogP contribution in [-0.2, 0) is 20.1 Å². The number of rotatable bonds is 6. The highest BCUT2D eigenvalue weighted by Crippen LogP contribution is 2.24. The highest BCUT2D eigenvalue weighted by Gasteiger charge is 2.30. The maximum absolute atomic E-state index is 12.3. The minimum Gasteiger partial charge on any atom is -0.468 e. The Bertz CT molecular complexity index is 576. The Morgan fingerprint density at radius 3 is 2.76 bits per heavy atom. The Labute approximate surface area is 119 Å². The van der Waals surface area contributed by atoms with Crippen molar-refractivity contribution in [1.82, 2.24) is 15.1 Å². The Hall–Kier alpha value is -1.96. The molecule has 0 aliphatic heterocycles. The molecule has 0 aliphatic carbocycles. The molecular formula is C13H16F3N3O2. The predicted molar refractivity (Wildman–Crippen MR) is 68.7 cm³/mol. The Kier molecular flexibility index (Phi) is 4.56. The molecule has 5 nitrogen and oxygen atoms in total. The van der Waals surface area contributed by atoms with Gasteiger partial charge in [0.15, 0.2) is 6.61 Å². The van der Waals surface area contributed by atoms with E-state index in [-0.39, 0.29) is 5.88 Å². The van der Waals surface area contributed by atoms with Gasteiger partial charge in [0.05, 0.1) is 24.1 Å². The van der Waals surface area contributed by atoms with Gasteiger partial charge >= 0.3 is 6.18 Å². The van der Waals surface area contributed by atoms with Crippen molar-refractivity contribution in [3.63, 3.8) is 0 Å². The zero-order valence-corrected chi connectivity index (χ0v) is 11.7. The zero-order chi connectivity index (χ0) is 15.5. The van der Waals surface area contributed by atoms with Crippen LogP contribution in [0.5, 0.6) is 5.88 Å². The molecule has 0 aliphatic rings.